The van der Waals surface area contributed by atoms with Gasteiger partial charge >= 0.3 is 0 Å². The summed E-state index contributed by atoms with van der Waals surface area (Å²) in [5.41, 5.74) is 1.50. The summed E-state index contributed by atoms with van der Waals surface area (Å²) in [7, 11) is 0. The van der Waals surface area contributed by atoms with Gasteiger partial charge in [0.25, 0.3) is 0 Å². The summed E-state index contributed by atoms with van der Waals surface area (Å²) >= 11 is 0. The van der Waals surface area contributed by atoms with Crippen molar-refractivity contribution >= 4 is 5.78 Å². The lowest BCUT2D eigenvalue weighted by Gasteiger charge is -2.04. The van der Waals surface area contributed by atoms with Crippen molar-refractivity contribution in [2.24, 2.45) is 0 Å². The van der Waals surface area contributed by atoms with Crippen LogP contribution >= 0.6 is 0 Å². The minimum Gasteiger partial charge on any atom is -0.371 e. The third-order valence-corrected chi connectivity index (χ3v) is 2.47. The molecule has 1 aromatic carbocycles. The average molecular weight is 244 g/mol. The first-order valence-electron chi connectivity index (χ1n) is 5.91. The fourth-order valence-electron chi connectivity index (χ4n) is 1.51. The van der Waals surface area contributed by atoms with Crippen LogP contribution in [0.15, 0.2) is 42.7 Å². The second-order valence-corrected chi connectivity index (χ2v) is 4.29. The van der Waals surface area contributed by atoms with Crippen LogP contribution in [0.4, 0.5) is 0 Å². The number of ketones is 1. The highest BCUT2D eigenvalue weighted by atomic mass is 16.5. The molecule has 1 aromatic heterocycles. The summed E-state index contributed by atoms with van der Waals surface area (Å²) in [5.74, 6) is -0.0501. The van der Waals surface area contributed by atoms with Gasteiger partial charge in [0.05, 0.1) is 23.6 Å². The van der Waals surface area contributed by atoms with Gasteiger partial charge in [-0.25, -0.2) is 4.68 Å². The Bertz CT molecular complexity index is 518. The first-order valence-corrected chi connectivity index (χ1v) is 5.91. The predicted molar refractivity (Wildman–Crippen MR) is 69.0 cm³/mol. The van der Waals surface area contributed by atoms with Crippen LogP contribution in [0.5, 0.6) is 0 Å². The minimum absolute atomic E-state index is 0.0501. The van der Waals surface area contributed by atoms with Crippen molar-refractivity contribution in [1.82, 2.24) is 9.78 Å². The summed E-state index contributed by atoms with van der Waals surface area (Å²) in [6.45, 7) is 3.90. The van der Waals surface area contributed by atoms with Gasteiger partial charge in [0, 0.05) is 6.20 Å². The number of Topliss-reactive ketones (excluding diaryl/α,β-unsaturated/α-hetero) is 1. The molecule has 0 fully saturated rings. The molecule has 0 unspecified atom stereocenters. The smallest absolute Gasteiger partial charge is 0.191 e. The molecule has 0 amide bonds. The van der Waals surface area contributed by atoms with Crippen LogP contribution < -0.4 is 0 Å². The lowest BCUT2D eigenvalue weighted by molar-refractivity contribution is 0.0585. The first-order chi connectivity index (χ1) is 8.66. The van der Waals surface area contributed by atoms with Gasteiger partial charge in [-0.1, -0.05) is 18.2 Å². The zero-order chi connectivity index (χ0) is 13.0. The van der Waals surface area contributed by atoms with Crippen LogP contribution in [0.1, 0.15) is 24.2 Å². The van der Waals surface area contributed by atoms with E-state index >= 15 is 0 Å². The number of hydrogen-bond acceptors (Lipinski definition) is 3. The van der Waals surface area contributed by atoms with Crippen LogP contribution in [0.2, 0.25) is 0 Å². The Morgan fingerprint density at radius 2 is 2.06 bits per heavy atom. The maximum absolute atomic E-state index is 11.8. The van der Waals surface area contributed by atoms with Crippen LogP contribution in [0, 0.1) is 0 Å². The van der Waals surface area contributed by atoms with Crippen molar-refractivity contribution in [1.29, 1.82) is 0 Å². The lowest BCUT2D eigenvalue weighted by Crippen LogP contribution is -2.12. The molecule has 2 rings (SSSR count). The van der Waals surface area contributed by atoms with Crippen molar-refractivity contribution in [3.05, 3.63) is 48.3 Å². The quantitative estimate of drug-likeness (QED) is 0.759. The van der Waals surface area contributed by atoms with Crippen LogP contribution in [-0.4, -0.2) is 28.3 Å². The Morgan fingerprint density at radius 1 is 1.33 bits per heavy atom. The molecule has 1 heterocycles. The van der Waals surface area contributed by atoms with Crippen molar-refractivity contribution < 1.29 is 9.53 Å². The molecule has 2 aromatic rings. The van der Waals surface area contributed by atoms with E-state index in [1.165, 1.54) is 0 Å². The highest BCUT2D eigenvalue weighted by Crippen LogP contribution is 2.08. The van der Waals surface area contributed by atoms with Crippen LogP contribution in [0.25, 0.3) is 5.69 Å². The molecule has 0 spiro atoms. The molecule has 0 aliphatic rings. The number of para-hydroxylation sites is 1. The Morgan fingerprint density at radius 3 is 2.72 bits per heavy atom. The maximum Gasteiger partial charge on any atom is 0.191 e. The average Bonchev–Trinajstić information content (AvgIpc) is 2.86. The van der Waals surface area contributed by atoms with E-state index in [1.54, 1.807) is 17.1 Å². The zero-order valence-electron chi connectivity index (χ0n) is 10.5. The van der Waals surface area contributed by atoms with Gasteiger partial charge in [-0.2, -0.15) is 5.10 Å². The molecule has 0 bridgehead atoms. The van der Waals surface area contributed by atoms with Crippen molar-refractivity contribution in [2.75, 3.05) is 6.61 Å². The van der Waals surface area contributed by atoms with E-state index in [-0.39, 0.29) is 18.5 Å². The lowest BCUT2D eigenvalue weighted by atomic mass is 10.2. The molecule has 4 heteroatoms. The highest BCUT2D eigenvalue weighted by molar-refractivity contribution is 5.96. The Labute approximate surface area is 106 Å². The SMILES string of the molecule is CC(C)OCC(=O)c1cnn(-c2ccccc2)c1. The Hall–Kier alpha value is -1.94. The molecule has 18 heavy (non-hydrogen) atoms. The second-order valence-electron chi connectivity index (χ2n) is 4.29. The molecule has 0 saturated heterocycles. The third kappa shape index (κ3) is 3.05. The molecule has 0 atom stereocenters. The predicted octanol–water partition coefficient (Wildman–Crippen LogP) is 2.48. The number of nitrogens with zero attached hydrogens (tertiary/aromatic N) is 2. The summed E-state index contributed by atoms with van der Waals surface area (Å²) in [6.07, 6.45) is 3.35. The highest BCUT2D eigenvalue weighted by Gasteiger charge is 2.10. The van der Waals surface area contributed by atoms with Crippen LogP contribution in [0.3, 0.4) is 0 Å². The molecule has 94 valence electrons. The largest absolute Gasteiger partial charge is 0.371 e. The number of carbonyl (C=O) groups excluding carboxylic acids is 1. The van der Waals surface area contributed by atoms with Crippen LogP contribution in [-0.2, 0) is 4.74 Å². The van der Waals surface area contributed by atoms with Gasteiger partial charge in [-0.15, -0.1) is 0 Å². The van der Waals surface area contributed by atoms with Gasteiger partial charge in [0.15, 0.2) is 5.78 Å². The molecular weight excluding hydrogens is 228 g/mol. The zero-order valence-corrected chi connectivity index (χ0v) is 10.5. The fourth-order valence-corrected chi connectivity index (χ4v) is 1.51. The number of aromatic nitrogens is 2. The van der Waals surface area contributed by atoms with Crippen molar-refractivity contribution in [2.45, 2.75) is 20.0 Å². The number of benzene rings is 1. The van der Waals surface area contributed by atoms with E-state index in [4.69, 9.17) is 4.74 Å². The number of ether oxygens (including phenoxy) is 1. The second kappa shape index (κ2) is 5.60. The van der Waals surface area contributed by atoms with E-state index in [2.05, 4.69) is 5.10 Å². The van der Waals surface area contributed by atoms with Gasteiger partial charge in [-0.05, 0) is 26.0 Å². The number of rotatable bonds is 5. The monoisotopic (exact) mass is 244 g/mol. The van der Waals surface area contributed by atoms with E-state index in [0.29, 0.717) is 5.56 Å². The maximum atomic E-state index is 11.8. The van der Waals surface area contributed by atoms with Gasteiger partial charge in [0.2, 0.25) is 0 Å². The Kier molecular flexibility index (Phi) is 3.89. The normalized spacial score (nSPS) is 10.8. The molecule has 0 N–H and O–H groups in total. The molecule has 0 aliphatic heterocycles. The summed E-state index contributed by atoms with van der Waals surface area (Å²) in [4.78, 5) is 11.8. The molecule has 4 nitrogen and oxygen atoms in total. The summed E-state index contributed by atoms with van der Waals surface area (Å²) in [6, 6.07) is 9.67. The van der Waals surface area contributed by atoms with Gasteiger partial charge in [-0.3, -0.25) is 4.79 Å². The van der Waals surface area contributed by atoms with E-state index < -0.39 is 0 Å². The van der Waals surface area contributed by atoms with E-state index in [9.17, 15) is 4.79 Å². The summed E-state index contributed by atoms with van der Waals surface area (Å²) < 4.78 is 6.97. The molecule has 0 radical (unpaired) electrons. The summed E-state index contributed by atoms with van der Waals surface area (Å²) in [5, 5.41) is 4.17. The van der Waals surface area contributed by atoms with E-state index in [0.717, 1.165) is 5.69 Å². The Balaban J connectivity index is 2.09. The topological polar surface area (TPSA) is 44.1 Å². The standard InChI is InChI=1S/C14H16N2O2/c1-11(2)18-10-14(17)12-8-15-16(9-12)13-6-4-3-5-7-13/h3-9,11H,10H2,1-2H3. The third-order valence-electron chi connectivity index (χ3n) is 2.47. The fraction of sp³-hybridized carbons (Fsp3) is 0.286. The first kappa shape index (κ1) is 12.5. The van der Waals surface area contributed by atoms with E-state index in [1.807, 2.05) is 44.2 Å². The molecule has 0 aliphatic carbocycles. The van der Waals surface area contributed by atoms with Crippen molar-refractivity contribution in [3.63, 3.8) is 0 Å². The molecular formula is C14H16N2O2. The van der Waals surface area contributed by atoms with Gasteiger partial charge in [0.1, 0.15) is 6.61 Å². The minimum atomic E-state index is -0.0501. The van der Waals surface area contributed by atoms with Crippen molar-refractivity contribution in [3.8, 4) is 5.69 Å². The number of hydrogen-bond donors (Lipinski definition) is 0. The molecule has 0 saturated carbocycles. The van der Waals surface area contributed by atoms with Gasteiger partial charge < -0.3 is 4.74 Å². The number of carbonyl (C=O) groups is 1.